The van der Waals surface area contributed by atoms with Crippen molar-refractivity contribution in [1.82, 2.24) is 25.2 Å². The van der Waals surface area contributed by atoms with Crippen LogP contribution in [-0.4, -0.2) is 63.3 Å². The van der Waals surface area contributed by atoms with Crippen LogP contribution < -0.4 is 10.1 Å². The van der Waals surface area contributed by atoms with Crippen LogP contribution in [0.1, 0.15) is 54.2 Å². The highest BCUT2D eigenvalue weighted by atomic mass is 19.3. The summed E-state index contributed by atoms with van der Waals surface area (Å²) in [6.45, 7) is 2.53. The molecular weight excluding hydrogens is 506 g/mol. The molecule has 1 aliphatic heterocycles. The largest absolute Gasteiger partial charge is 0.493 e. The van der Waals surface area contributed by atoms with Crippen LogP contribution in [0.2, 0.25) is 0 Å². The summed E-state index contributed by atoms with van der Waals surface area (Å²) in [5.74, 6) is -3.73. The molecule has 1 saturated carbocycles. The minimum absolute atomic E-state index is 0.0326. The Morgan fingerprint density at radius 1 is 1.26 bits per heavy atom. The van der Waals surface area contributed by atoms with Crippen molar-refractivity contribution in [2.75, 3.05) is 19.7 Å². The first-order valence-electron chi connectivity index (χ1n) is 12.4. The lowest BCUT2D eigenvalue weighted by atomic mass is 10.0. The van der Waals surface area contributed by atoms with Gasteiger partial charge in [0.25, 0.3) is 18.3 Å². The fraction of sp³-hybridized carbons (Fsp3) is 0.462. The van der Waals surface area contributed by atoms with Gasteiger partial charge in [-0.1, -0.05) is 6.92 Å². The zero-order valence-electron chi connectivity index (χ0n) is 20.9. The van der Waals surface area contributed by atoms with Crippen LogP contribution in [-0.2, 0) is 4.79 Å². The van der Waals surface area contributed by atoms with E-state index in [-0.39, 0.29) is 35.3 Å². The number of likely N-dealkylation sites (tertiary alicyclic amines) is 1. The van der Waals surface area contributed by atoms with Gasteiger partial charge in [-0.3, -0.25) is 9.59 Å². The monoisotopic (exact) mass is 533 g/mol. The molecule has 2 fully saturated rings. The van der Waals surface area contributed by atoms with E-state index in [0.717, 1.165) is 17.7 Å². The Bertz CT molecular complexity index is 1390. The first-order chi connectivity index (χ1) is 18.1. The molecule has 0 bridgehead atoms. The zero-order valence-corrected chi connectivity index (χ0v) is 20.9. The van der Waals surface area contributed by atoms with E-state index in [2.05, 4.69) is 20.3 Å². The Labute approximate surface area is 215 Å². The van der Waals surface area contributed by atoms with Crippen molar-refractivity contribution in [3.63, 3.8) is 0 Å². The molecule has 202 valence electrons. The number of nitrogens with zero attached hydrogens (tertiary/aromatic N) is 3. The first kappa shape index (κ1) is 25.9. The predicted molar refractivity (Wildman–Crippen MR) is 130 cm³/mol. The lowest BCUT2D eigenvalue weighted by molar-refractivity contribution is -0.131. The van der Waals surface area contributed by atoms with Crippen molar-refractivity contribution < 1.29 is 31.9 Å². The number of carbonyl (C=O) groups excluding carboxylic acids is 2. The molecule has 0 radical (unpaired) electrons. The lowest BCUT2D eigenvalue weighted by Gasteiger charge is -2.18. The molecule has 38 heavy (non-hydrogen) atoms. The number of aromatic nitrogens is 3. The van der Waals surface area contributed by atoms with Crippen LogP contribution in [0.4, 0.5) is 17.6 Å². The Kier molecular flexibility index (Phi) is 6.74. The molecule has 8 nitrogen and oxygen atoms in total. The van der Waals surface area contributed by atoms with E-state index in [1.807, 2.05) is 0 Å². The number of aryl methyl sites for hydroxylation is 1. The van der Waals surface area contributed by atoms with Gasteiger partial charge in [-0.25, -0.2) is 27.5 Å². The summed E-state index contributed by atoms with van der Waals surface area (Å²) in [7, 11) is 0. The average molecular weight is 534 g/mol. The molecule has 1 unspecified atom stereocenters. The molecule has 1 aliphatic carbocycles. The van der Waals surface area contributed by atoms with Gasteiger partial charge < -0.3 is 19.9 Å². The molecule has 12 heteroatoms. The molecule has 1 aromatic carbocycles. The molecule has 2 aliphatic rings. The highest BCUT2D eigenvalue weighted by Crippen LogP contribution is 2.38. The molecule has 2 aromatic heterocycles. The number of benzene rings is 1. The van der Waals surface area contributed by atoms with Crippen molar-refractivity contribution in [3.8, 4) is 17.0 Å². The van der Waals surface area contributed by atoms with Gasteiger partial charge in [-0.05, 0) is 43.9 Å². The number of aromatic amines is 1. The molecule has 2 N–H and O–H groups in total. The van der Waals surface area contributed by atoms with Crippen LogP contribution >= 0.6 is 0 Å². The Morgan fingerprint density at radius 3 is 2.71 bits per heavy atom. The fourth-order valence-corrected chi connectivity index (χ4v) is 4.67. The second-order valence-electron chi connectivity index (χ2n) is 9.80. The molecule has 1 atom stereocenters. The zero-order chi connectivity index (χ0) is 27.2. The summed E-state index contributed by atoms with van der Waals surface area (Å²) in [6.07, 6.45) is 0.633. The standard InChI is InChI=1S/C26H27F4N5O3/c1-3-19(36)35-9-18(26(29,30)11-35)34-25(37)20-13(2)33-23-21(31-12-32-22(20)23)16-8-15(24(27)28)6-7-17(16)38-10-14-4-5-14/h6-8,12,14,18,24,33H,3-5,9-11H2,1-2H3,(H,34,37). The van der Waals surface area contributed by atoms with E-state index in [1.54, 1.807) is 13.8 Å². The molecular formula is C26H27F4N5O3. The summed E-state index contributed by atoms with van der Waals surface area (Å²) < 4.78 is 62.2. The van der Waals surface area contributed by atoms with Crippen molar-refractivity contribution in [1.29, 1.82) is 0 Å². The first-order valence-corrected chi connectivity index (χ1v) is 12.4. The van der Waals surface area contributed by atoms with Gasteiger partial charge >= 0.3 is 0 Å². The van der Waals surface area contributed by atoms with Gasteiger partial charge in [0.05, 0.1) is 24.2 Å². The van der Waals surface area contributed by atoms with Crippen molar-refractivity contribution in [2.24, 2.45) is 5.92 Å². The summed E-state index contributed by atoms with van der Waals surface area (Å²) in [5.41, 5.74) is 1.15. The van der Waals surface area contributed by atoms with Gasteiger partial charge in [0.1, 0.15) is 29.3 Å². The minimum Gasteiger partial charge on any atom is -0.493 e. The summed E-state index contributed by atoms with van der Waals surface area (Å²) >= 11 is 0. The van der Waals surface area contributed by atoms with Gasteiger partial charge in [0.2, 0.25) is 5.91 Å². The van der Waals surface area contributed by atoms with E-state index in [0.29, 0.717) is 35.0 Å². The number of fused-ring (bicyclic) bond motifs is 1. The summed E-state index contributed by atoms with van der Waals surface area (Å²) in [4.78, 5) is 37.7. The van der Waals surface area contributed by atoms with Gasteiger partial charge in [0.15, 0.2) is 0 Å². The van der Waals surface area contributed by atoms with Crippen LogP contribution in [0.5, 0.6) is 5.75 Å². The summed E-state index contributed by atoms with van der Waals surface area (Å²) in [5, 5.41) is 2.36. The maximum absolute atomic E-state index is 14.6. The number of nitrogens with one attached hydrogen (secondary N) is 2. The third kappa shape index (κ3) is 4.91. The van der Waals surface area contributed by atoms with Crippen molar-refractivity contribution in [2.45, 2.75) is 51.5 Å². The Balaban J connectivity index is 1.50. The molecule has 5 rings (SSSR count). The topological polar surface area (TPSA) is 100 Å². The Hall–Kier alpha value is -3.70. The third-order valence-electron chi connectivity index (χ3n) is 6.96. The van der Waals surface area contributed by atoms with Gasteiger partial charge in [-0.15, -0.1) is 0 Å². The van der Waals surface area contributed by atoms with Crippen molar-refractivity contribution >= 4 is 22.8 Å². The van der Waals surface area contributed by atoms with Crippen LogP contribution in [0, 0.1) is 12.8 Å². The van der Waals surface area contributed by atoms with Crippen molar-refractivity contribution in [3.05, 3.63) is 41.3 Å². The van der Waals surface area contributed by atoms with Gasteiger partial charge in [-0.2, -0.15) is 0 Å². The van der Waals surface area contributed by atoms with Crippen LogP contribution in [0.15, 0.2) is 24.5 Å². The molecule has 3 heterocycles. The number of H-pyrrole nitrogens is 1. The maximum Gasteiger partial charge on any atom is 0.286 e. The number of alkyl halides is 4. The number of halogens is 4. The molecule has 1 saturated heterocycles. The quantitative estimate of drug-likeness (QED) is 0.411. The van der Waals surface area contributed by atoms with E-state index >= 15 is 0 Å². The van der Waals surface area contributed by atoms with Gasteiger partial charge in [0, 0.05) is 29.8 Å². The number of carbonyl (C=O) groups is 2. The highest BCUT2D eigenvalue weighted by Gasteiger charge is 2.50. The predicted octanol–water partition coefficient (Wildman–Crippen LogP) is 4.65. The lowest BCUT2D eigenvalue weighted by Crippen LogP contribution is -2.46. The number of amides is 2. The minimum atomic E-state index is -3.30. The molecule has 2 amide bonds. The maximum atomic E-state index is 14.6. The van der Waals surface area contributed by atoms with Crippen LogP contribution in [0.3, 0.4) is 0 Å². The second-order valence-corrected chi connectivity index (χ2v) is 9.80. The van der Waals surface area contributed by atoms with E-state index in [4.69, 9.17) is 4.74 Å². The summed E-state index contributed by atoms with van der Waals surface area (Å²) in [6, 6.07) is 2.49. The SMILES string of the molecule is CCC(=O)N1CC(NC(=O)c2c(C)[nH]c3c(-c4cc(C(F)F)ccc4OCC4CC4)ncnc23)C(F)(F)C1. The molecule has 3 aromatic rings. The average Bonchev–Trinajstić information content (AvgIpc) is 3.58. The fourth-order valence-electron chi connectivity index (χ4n) is 4.67. The highest BCUT2D eigenvalue weighted by molar-refractivity contribution is 6.09. The van der Waals surface area contributed by atoms with E-state index in [9.17, 15) is 27.2 Å². The smallest absolute Gasteiger partial charge is 0.286 e. The number of ether oxygens (including phenoxy) is 1. The number of hydrogen-bond acceptors (Lipinski definition) is 5. The third-order valence-corrected chi connectivity index (χ3v) is 6.96. The number of rotatable bonds is 8. The second kappa shape index (κ2) is 9.88. The number of hydrogen-bond donors (Lipinski definition) is 2. The van der Waals surface area contributed by atoms with E-state index < -0.39 is 36.7 Å². The molecule has 0 spiro atoms. The van der Waals surface area contributed by atoms with Crippen LogP contribution in [0.25, 0.3) is 22.3 Å². The van der Waals surface area contributed by atoms with E-state index in [1.165, 1.54) is 24.5 Å². The normalized spacial score (nSPS) is 18.8. The Morgan fingerprint density at radius 2 is 2.03 bits per heavy atom.